The van der Waals surface area contributed by atoms with Crippen LogP contribution in [0.5, 0.6) is 0 Å². The van der Waals surface area contributed by atoms with Gasteiger partial charge in [0.05, 0.1) is 25.2 Å². The first-order valence-corrected chi connectivity index (χ1v) is 24.5. The molecule has 0 spiro atoms. The van der Waals surface area contributed by atoms with Crippen LogP contribution in [-0.2, 0) is 14.3 Å². The highest BCUT2D eigenvalue weighted by Gasteiger charge is 2.23. The highest BCUT2D eigenvalue weighted by atomic mass is 16.5. The average molecular weight is 834 g/mol. The van der Waals surface area contributed by atoms with Crippen molar-refractivity contribution >= 4 is 11.9 Å². The third kappa shape index (κ3) is 41.5. The molecule has 342 valence electrons. The number of carbonyl (C=O) groups excluding carboxylic acids is 2. The molecular weight excluding hydrogens is 743 g/mol. The molecule has 0 heterocycles. The lowest BCUT2D eigenvalue weighted by atomic mass is 10.0. The Balaban J connectivity index is 4.80. The second kappa shape index (κ2) is 46.8. The molecule has 1 amide bonds. The van der Waals surface area contributed by atoms with Gasteiger partial charge in [0.15, 0.2) is 0 Å². The Morgan fingerprint density at radius 1 is 0.517 bits per heavy atom. The number of hydrogen-bond donors (Lipinski definition) is 3. The molecular formula is C54H91NO5. The fourth-order valence-corrected chi connectivity index (χ4v) is 6.69. The first-order chi connectivity index (χ1) is 29.5. The number of ether oxygens (including phenoxy) is 1. The molecule has 0 aliphatic carbocycles. The molecule has 0 rings (SSSR count). The van der Waals surface area contributed by atoms with E-state index in [0.717, 1.165) is 89.9 Å². The molecule has 0 aromatic heterocycles. The van der Waals surface area contributed by atoms with Crippen LogP contribution in [-0.4, -0.2) is 46.9 Å². The number of hydrogen-bond acceptors (Lipinski definition) is 5. The Hall–Kier alpha value is -3.22. The normalized spacial score (nSPS) is 14.2. The zero-order valence-electron chi connectivity index (χ0n) is 38.8. The summed E-state index contributed by atoms with van der Waals surface area (Å²) in [4.78, 5) is 26.0. The van der Waals surface area contributed by atoms with Crippen molar-refractivity contribution in [3.05, 3.63) is 97.2 Å². The summed E-state index contributed by atoms with van der Waals surface area (Å²) in [5.74, 6) is -0.663. The molecule has 0 aromatic carbocycles. The fourth-order valence-electron chi connectivity index (χ4n) is 6.69. The number of rotatable bonds is 42. The van der Waals surface area contributed by atoms with Gasteiger partial charge in [0.2, 0.25) is 5.91 Å². The van der Waals surface area contributed by atoms with Crippen molar-refractivity contribution < 1.29 is 24.5 Å². The smallest absolute Gasteiger partial charge is 0.306 e. The van der Waals surface area contributed by atoms with Gasteiger partial charge >= 0.3 is 5.97 Å². The van der Waals surface area contributed by atoms with Crippen LogP contribution in [0.25, 0.3) is 0 Å². The lowest BCUT2D eigenvalue weighted by Crippen LogP contribution is -2.46. The molecule has 3 unspecified atom stereocenters. The van der Waals surface area contributed by atoms with E-state index in [9.17, 15) is 19.8 Å². The number of esters is 1. The van der Waals surface area contributed by atoms with E-state index in [2.05, 4.69) is 111 Å². The van der Waals surface area contributed by atoms with Gasteiger partial charge in [-0.1, -0.05) is 202 Å². The van der Waals surface area contributed by atoms with Gasteiger partial charge in [0, 0.05) is 6.42 Å². The topological polar surface area (TPSA) is 95.9 Å². The third-order valence-corrected chi connectivity index (χ3v) is 10.4. The summed E-state index contributed by atoms with van der Waals surface area (Å²) in [6.07, 6.45) is 62.1. The lowest BCUT2D eigenvalue weighted by molar-refractivity contribution is -0.148. The van der Waals surface area contributed by atoms with E-state index in [-0.39, 0.29) is 24.9 Å². The van der Waals surface area contributed by atoms with Crippen LogP contribution >= 0.6 is 0 Å². The maximum absolute atomic E-state index is 13.1. The maximum Gasteiger partial charge on any atom is 0.306 e. The molecule has 60 heavy (non-hydrogen) atoms. The van der Waals surface area contributed by atoms with E-state index < -0.39 is 18.2 Å². The number of nitrogens with one attached hydrogen (secondary N) is 1. The molecule has 0 aliphatic heterocycles. The van der Waals surface area contributed by atoms with E-state index in [1.807, 2.05) is 6.08 Å². The van der Waals surface area contributed by atoms with Gasteiger partial charge in [0.25, 0.3) is 0 Å². The zero-order chi connectivity index (χ0) is 43.8. The summed E-state index contributed by atoms with van der Waals surface area (Å²) in [7, 11) is 0. The number of unbranched alkanes of at least 4 members (excludes halogenated alkanes) is 16. The lowest BCUT2D eigenvalue weighted by Gasteiger charge is -2.23. The van der Waals surface area contributed by atoms with Gasteiger partial charge in [-0.2, -0.15) is 0 Å². The molecule has 0 bridgehead atoms. The minimum atomic E-state index is -0.826. The largest absolute Gasteiger partial charge is 0.458 e. The SMILES string of the molecule is CC/C=C/C/C=C/C/C=C/C/C=C/C/C=C/C(CC(=O)NC(CO)C(O)CCCCCCCCCCCC)OC(=O)CCCCCC/C=C\C/C=C\C/C=C\CCCCC. The maximum atomic E-state index is 13.1. The molecule has 0 fully saturated rings. The van der Waals surface area contributed by atoms with Crippen molar-refractivity contribution in [2.24, 2.45) is 0 Å². The monoisotopic (exact) mass is 834 g/mol. The second-order valence-corrected chi connectivity index (χ2v) is 16.1. The van der Waals surface area contributed by atoms with Crippen molar-refractivity contribution in [1.82, 2.24) is 5.32 Å². The number of aliphatic hydroxyl groups is 2. The Kier molecular flexibility index (Phi) is 44.3. The first-order valence-electron chi connectivity index (χ1n) is 24.5. The Labute approximate surface area is 369 Å². The molecule has 3 atom stereocenters. The van der Waals surface area contributed by atoms with Crippen molar-refractivity contribution in [2.75, 3.05) is 6.61 Å². The van der Waals surface area contributed by atoms with Gasteiger partial charge in [-0.25, -0.2) is 0 Å². The Morgan fingerprint density at radius 3 is 1.45 bits per heavy atom. The molecule has 0 aliphatic rings. The van der Waals surface area contributed by atoms with Crippen LogP contribution in [0.3, 0.4) is 0 Å². The van der Waals surface area contributed by atoms with Gasteiger partial charge in [-0.15, -0.1) is 0 Å². The Morgan fingerprint density at radius 2 is 0.933 bits per heavy atom. The van der Waals surface area contributed by atoms with Gasteiger partial charge in [-0.05, 0) is 89.5 Å². The highest BCUT2D eigenvalue weighted by Crippen LogP contribution is 2.14. The molecule has 0 aromatic rings. The minimum Gasteiger partial charge on any atom is -0.458 e. The predicted molar refractivity (Wildman–Crippen MR) is 259 cm³/mol. The second-order valence-electron chi connectivity index (χ2n) is 16.1. The summed E-state index contributed by atoms with van der Waals surface area (Å²) in [6.45, 7) is 6.27. The van der Waals surface area contributed by atoms with Crippen LogP contribution in [0.15, 0.2) is 97.2 Å². The van der Waals surface area contributed by atoms with E-state index in [4.69, 9.17) is 4.74 Å². The molecule has 6 heteroatoms. The predicted octanol–water partition coefficient (Wildman–Crippen LogP) is 14.6. The van der Waals surface area contributed by atoms with Crippen molar-refractivity contribution in [1.29, 1.82) is 0 Å². The van der Waals surface area contributed by atoms with E-state index in [1.54, 1.807) is 6.08 Å². The van der Waals surface area contributed by atoms with Crippen molar-refractivity contribution in [2.45, 2.75) is 225 Å². The van der Waals surface area contributed by atoms with Crippen LogP contribution < -0.4 is 5.32 Å². The molecule has 0 saturated heterocycles. The summed E-state index contributed by atoms with van der Waals surface area (Å²) in [6, 6.07) is -0.751. The number of allylic oxidation sites excluding steroid dienone is 15. The third-order valence-electron chi connectivity index (χ3n) is 10.4. The minimum absolute atomic E-state index is 0.0603. The van der Waals surface area contributed by atoms with Crippen LogP contribution in [0.1, 0.15) is 207 Å². The fraction of sp³-hybridized carbons (Fsp3) is 0.667. The molecule has 3 N–H and O–H groups in total. The standard InChI is InChI=1S/C54H91NO5/c1-4-7-10-13-16-19-22-24-26-27-28-30-32-35-38-41-44-47-54(59)60-50(45-42-39-36-33-31-29-25-23-20-17-14-11-8-5-2)48-53(58)55-51(49-56)52(57)46-43-40-37-34-21-18-15-12-9-6-3/h8,11,16-17,19-20,24-26,28-30,33,36,42,45,50-52,56-57H,4-7,9-10,12-15,18,21-23,27,31-32,34-35,37-41,43-44,46-49H2,1-3H3,(H,55,58)/b11-8+,19-16-,20-17+,26-24-,29-25+,30-28-,36-33+,45-42+. The first kappa shape index (κ1) is 56.8. The summed E-state index contributed by atoms with van der Waals surface area (Å²) < 4.78 is 5.80. The molecule has 0 radical (unpaired) electrons. The van der Waals surface area contributed by atoms with Crippen LogP contribution in [0, 0.1) is 0 Å². The van der Waals surface area contributed by atoms with Crippen LogP contribution in [0.2, 0.25) is 0 Å². The van der Waals surface area contributed by atoms with Gasteiger partial charge in [0.1, 0.15) is 6.10 Å². The molecule has 0 saturated carbocycles. The van der Waals surface area contributed by atoms with E-state index in [0.29, 0.717) is 19.3 Å². The summed E-state index contributed by atoms with van der Waals surface area (Å²) in [5.41, 5.74) is 0. The summed E-state index contributed by atoms with van der Waals surface area (Å²) >= 11 is 0. The zero-order valence-corrected chi connectivity index (χ0v) is 38.8. The van der Waals surface area contributed by atoms with E-state index in [1.165, 1.54) is 70.6 Å². The molecule has 6 nitrogen and oxygen atoms in total. The number of amides is 1. The van der Waals surface area contributed by atoms with Gasteiger partial charge in [-0.3, -0.25) is 9.59 Å². The highest BCUT2D eigenvalue weighted by molar-refractivity contribution is 5.78. The number of carbonyl (C=O) groups is 2. The quantitative estimate of drug-likeness (QED) is 0.0323. The van der Waals surface area contributed by atoms with Crippen molar-refractivity contribution in [3.8, 4) is 0 Å². The average Bonchev–Trinajstić information content (AvgIpc) is 3.24. The Bertz CT molecular complexity index is 1210. The van der Waals surface area contributed by atoms with E-state index >= 15 is 0 Å². The van der Waals surface area contributed by atoms with Gasteiger partial charge < -0.3 is 20.3 Å². The summed E-state index contributed by atoms with van der Waals surface area (Å²) in [5, 5.41) is 23.6. The van der Waals surface area contributed by atoms with Crippen molar-refractivity contribution in [3.63, 3.8) is 0 Å². The number of aliphatic hydroxyl groups excluding tert-OH is 2. The van der Waals surface area contributed by atoms with Crippen LogP contribution in [0.4, 0.5) is 0 Å².